The first-order valence-electron chi connectivity index (χ1n) is 4.39. The number of imidazole rings is 1. The molecule has 2 aromatic rings. The molecule has 2 rings (SSSR count). The molecule has 0 radical (unpaired) electrons. The monoisotopic (exact) mass is 238 g/mol. The lowest BCUT2D eigenvalue weighted by Gasteiger charge is -1.99. The predicted octanol–water partition coefficient (Wildman–Crippen LogP) is 2.58. The van der Waals surface area contributed by atoms with Crippen LogP contribution in [-0.4, -0.2) is 21.0 Å². The number of H-pyrrole nitrogens is 2. The third kappa shape index (κ3) is 1.87. The van der Waals surface area contributed by atoms with Crippen molar-refractivity contribution in [2.75, 3.05) is 0 Å². The standard InChI is InChI=1S/C10H7FN2O2S/c11-6-3-1-2-5(4-6)7-8(9(14)15)13-10(16)12-7/h1-4H,(H,14,15)(H2,12,13,16). The number of aromatic amines is 2. The highest BCUT2D eigenvalue weighted by Crippen LogP contribution is 2.21. The van der Waals surface area contributed by atoms with Crippen LogP contribution in [0.3, 0.4) is 0 Å². The number of hydrogen-bond acceptors (Lipinski definition) is 2. The third-order valence-electron chi connectivity index (χ3n) is 2.05. The minimum atomic E-state index is -1.15. The highest BCUT2D eigenvalue weighted by molar-refractivity contribution is 7.71. The Balaban J connectivity index is 2.64. The summed E-state index contributed by atoms with van der Waals surface area (Å²) in [6, 6.07) is 5.62. The van der Waals surface area contributed by atoms with E-state index >= 15 is 0 Å². The van der Waals surface area contributed by atoms with E-state index in [4.69, 9.17) is 17.3 Å². The van der Waals surface area contributed by atoms with Gasteiger partial charge in [0.05, 0.1) is 5.69 Å². The summed E-state index contributed by atoms with van der Waals surface area (Å²) < 4.78 is 13.2. The molecular formula is C10H7FN2O2S. The molecule has 1 aromatic carbocycles. The molecule has 16 heavy (non-hydrogen) atoms. The molecule has 6 heteroatoms. The van der Waals surface area contributed by atoms with E-state index in [0.717, 1.165) is 0 Å². The Morgan fingerprint density at radius 3 is 2.75 bits per heavy atom. The van der Waals surface area contributed by atoms with E-state index in [1.54, 1.807) is 6.07 Å². The Bertz CT molecular complexity index is 603. The summed E-state index contributed by atoms with van der Waals surface area (Å²) in [4.78, 5) is 16.1. The molecule has 0 aliphatic heterocycles. The van der Waals surface area contributed by atoms with E-state index in [0.29, 0.717) is 5.56 Å². The van der Waals surface area contributed by atoms with Gasteiger partial charge in [0.25, 0.3) is 0 Å². The first-order valence-corrected chi connectivity index (χ1v) is 4.80. The van der Waals surface area contributed by atoms with Crippen LogP contribution in [0.1, 0.15) is 10.5 Å². The first-order chi connectivity index (χ1) is 7.58. The van der Waals surface area contributed by atoms with Crippen LogP contribution in [0.5, 0.6) is 0 Å². The van der Waals surface area contributed by atoms with Crippen molar-refractivity contribution in [3.05, 3.63) is 40.5 Å². The van der Waals surface area contributed by atoms with Gasteiger partial charge in [-0.1, -0.05) is 12.1 Å². The molecule has 1 aromatic heterocycles. The molecule has 0 fully saturated rings. The summed E-state index contributed by atoms with van der Waals surface area (Å²) in [5.41, 5.74) is 0.636. The van der Waals surface area contributed by atoms with E-state index < -0.39 is 11.8 Å². The molecule has 0 atom stereocenters. The topological polar surface area (TPSA) is 68.9 Å². The number of carboxylic acid groups (broad SMARTS) is 1. The van der Waals surface area contributed by atoms with Crippen LogP contribution < -0.4 is 0 Å². The van der Waals surface area contributed by atoms with Crippen molar-refractivity contribution in [2.24, 2.45) is 0 Å². The number of carboxylic acids is 1. The number of rotatable bonds is 2. The molecule has 0 bridgehead atoms. The van der Waals surface area contributed by atoms with E-state index in [1.165, 1.54) is 18.2 Å². The lowest BCUT2D eigenvalue weighted by molar-refractivity contribution is 0.0692. The summed E-state index contributed by atoms with van der Waals surface area (Å²) in [7, 11) is 0. The molecule has 4 nitrogen and oxygen atoms in total. The van der Waals surface area contributed by atoms with Gasteiger partial charge in [-0.3, -0.25) is 0 Å². The number of hydrogen-bond donors (Lipinski definition) is 3. The van der Waals surface area contributed by atoms with Crippen molar-refractivity contribution in [1.29, 1.82) is 0 Å². The minimum absolute atomic E-state index is 0.0735. The van der Waals surface area contributed by atoms with Gasteiger partial charge in [0.2, 0.25) is 0 Å². The van der Waals surface area contributed by atoms with Gasteiger partial charge in [-0.2, -0.15) is 0 Å². The van der Waals surface area contributed by atoms with Crippen LogP contribution in [-0.2, 0) is 0 Å². The van der Waals surface area contributed by atoms with Gasteiger partial charge in [0.15, 0.2) is 10.5 Å². The van der Waals surface area contributed by atoms with Crippen LogP contribution in [0.25, 0.3) is 11.3 Å². The summed E-state index contributed by atoms with van der Waals surface area (Å²) in [5.74, 6) is -1.58. The van der Waals surface area contributed by atoms with Gasteiger partial charge in [-0.15, -0.1) is 0 Å². The summed E-state index contributed by atoms with van der Waals surface area (Å²) >= 11 is 4.80. The Morgan fingerprint density at radius 1 is 1.38 bits per heavy atom. The number of halogens is 1. The normalized spacial score (nSPS) is 10.3. The van der Waals surface area contributed by atoms with Crippen molar-refractivity contribution in [2.45, 2.75) is 0 Å². The number of aromatic carboxylic acids is 1. The molecule has 3 N–H and O–H groups in total. The van der Waals surface area contributed by atoms with Gasteiger partial charge in [0, 0.05) is 5.56 Å². The lowest BCUT2D eigenvalue weighted by Crippen LogP contribution is -1.99. The van der Waals surface area contributed by atoms with Crippen molar-refractivity contribution in [3.8, 4) is 11.3 Å². The fraction of sp³-hybridized carbons (Fsp3) is 0. The van der Waals surface area contributed by atoms with Crippen molar-refractivity contribution in [1.82, 2.24) is 9.97 Å². The molecule has 1 heterocycles. The van der Waals surface area contributed by atoms with Gasteiger partial charge < -0.3 is 15.1 Å². The number of carbonyl (C=O) groups is 1. The molecule has 82 valence electrons. The number of nitrogens with one attached hydrogen (secondary N) is 2. The van der Waals surface area contributed by atoms with Crippen LogP contribution in [0.15, 0.2) is 24.3 Å². The zero-order valence-corrected chi connectivity index (χ0v) is 8.77. The molecule has 0 aliphatic rings. The van der Waals surface area contributed by atoms with E-state index in [2.05, 4.69) is 9.97 Å². The number of benzene rings is 1. The van der Waals surface area contributed by atoms with Crippen LogP contribution in [0, 0.1) is 10.6 Å². The summed E-state index contributed by atoms with van der Waals surface area (Å²) in [6.07, 6.45) is 0. The second kappa shape index (κ2) is 3.90. The average Bonchev–Trinajstić information content (AvgIpc) is 2.60. The van der Waals surface area contributed by atoms with E-state index in [-0.39, 0.29) is 16.2 Å². The molecule has 0 unspecified atom stereocenters. The zero-order valence-electron chi connectivity index (χ0n) is 7.95. The zero-order chi connectivity index (χ0) is 11.7. The maximum absolute atomic E-state index is 13.0. The molecule has 0 saturated heterocycles. The summed E-state index contributed by atoms with van der Waals surface area (Å²) in [5, 5.41) is 8.92. The fourth-order valence-corrected chi connectivity index (χ4v) is 1.61. The maximum Gasteiger partial charge on any atom is 0.354 e. The van der Waals surface area contributed by atoms with E-state index in [9.17, 15) is 9.18 Å². The maximum atomic E-state index is 13.0. The Labute approximate surface area is 94.8 Å². The molecule has 0 spiro atoms. The fourth-order valence-electron chi connectivity index (χ4n) is 1.40. The quantitative estimate of drug-likeness (QED) is 0.704. The average molecular weight is 238 g/mol. The Kier molecular flexibility index (Phi) is 2.57. The minimum Gasteiger partial charge on any atom is -0.477 e. The summed E-state index contributed by atoms with van der Waals surface area (Å²) in [6.45, 7) is 0. The molecular weight excluding hydrogens is 231 g/mol. The lowest BCUT2D eigenvalue weighted by atomic mass is 10.1. The molecule has 0 saturated carbocycles. The van der Waals surface area contributed by atoms with Gasteiger partial charge in [0.1, 0.15) is 5.82 Å². The Morgan fingerprint density at radius 2 is 2.12 bits per heavy atom. The number of aromatic nitrogens is 2. The van der Waals surface area contributed by atoms with Gasteiger partial charge >= 0.3 is 5.97 Å². The van der Waals surface area contributed by atoms with Crippen LogP contribution in [0.2, 0.25) is 0 Å². The highest BCUT2D eigenvalue weighted by atomic mass is 32.1. The first kappa shape index (κ1) is 10.6. The molecule has 0 amide bonds. The predicted molar refractivity (Wildman–Crippen MR) is 58.3 cm³/mol. The second-order valence-electron chi connectivity index (χ2n) is 3.14. The second-order valence-corrected chi connectivity index (χ2v) is 3.55. The van der Waals surface area contributed by atoms with Gasteiger partial charge in [-0.05, 0) is 24.4 Å². The highest BCUT2D eigenvalue weighted by Gasteiger charge is 2.14. The largest absolute Gasteiger partial charge is 0.477 e. The van der Waals surface area contributed by atoms with Crippen LogP contribution >= 0.6 is 12.2 Å². The van der Waals surface area contributed by atoms with Crippen molar-refractivity contribution < 1.29 is 14.3 Å². The van der Waals surface area contributed by atoms with Crippen molar-refractivity contribution >= 4 is 18.2 Å². The SMILES string of the molecule is O=C(O)c1[nH]c(=S)[nH]c1-c1cccc(F)c1. The molecule has 0 aliphatic carbocycles. The third-order valence-corrected chi connectivity index (χ3v) is 2.26. The smallest absolute Gasteiger partial charge is 0.354 e. The van der Waals surface area contributed by atoms with Gasteiger partial charge in [-0.25, -0.2) is 9.18 Å². The van der Waals surface area contributed by atoms with Crippen molar-refractivity contribution in [3.63, 3.8) is 0 Å². The van der Waals surface area contributed by atoms with E-state index in [1.807, 2.05) is 0 Å². The van der Waals surface area contributed by atoms with Crippen LogP contribution in [0.4, 0.5) is 4.39 Å². The Hall–Kier alpha value is -1.95.